The molecule has 5 heteroatoms. The number of carbonyl (C=O) groups is 2. The fourth-order valence-electron chi connectivity index (χ4n) is 2.22. The van der Waals surface area contributed by atoms with Gasteiger partial charge in [0.15, 0.2) is 0 Å². The molecule has 5 nitrogen and oxygen atoms in total. The summed E-state index contributed by atoms with van der Waals surface area (Å²) in [6.45, 7) is 7.56. The number of rotatable bonds is 11. The molecule has 1 unspecified atom stereocenters. The number of unbranched alkanes of at least 4 members (excludes halogenated alkanes) is 7. The van der Waals surface area contributed by atoms with Gasteiger partial charge in [-0.05, 0) is 27.2 Å². The Balaban J connectivity index is 3.87. The Hall–Kier alpha value is -1.26. The predicted octanol–water partition coefficient (Wildman–Crippen LogP) is 3.90. The molecule has 2 amide bonds. The van der Waals surface area contributed by atoms with E-state index < -0.39 is 23.6 Å². The van der Waals surface area contributed by atoms with Crippen LogP contribution in [0.2, 0.25) is 0 Å². The van der Waals surface area contributed by atoms with Crippen LogP contribution in [-0.2, 0) is 9.53 Å². The molecule has 0 aliphatic carbocycles. The molecule has 0 saturated heterocycles. The highest BCUT2D eigenvalue weighted by atomic mass is 16.6. The zero-order valence-electron chi connectivity index (χ0n) is 14.7. The summed E-state index contributed by atoms with van der Waals surface area (Å²) in [5.74, 6) is -0.506. The summed E-state index contributed by atoms with van der Waals surface area (Å²) in [6.07, 6.45) is 9.50. The van der Waals surface area contributed by atoms with Crippen LogP contribution in [0.5, 0.6) is 0 Å². The van der Waals surface area contributed by atoms with E-state index in [1.165, 1.54) is 38.5 Å². The van der Waals surface area contributed by atoms with E-state index in [2.05, 4.69) is 12.2 Å². The Bertz CT molecular complexity index is 324. The summed E-state index contributed by atoms with van der Waals surface area (Å²) >= 11 is 0. The molecule has 0 bridgehead atoms. The van der Waals surface area contributed by atoms with Gasteiger partial charge in [0, 0.05) is 0 Å². The third-order valence-corrected chi connectivity index (χ3v) is 3.38. The molecule has 1 atom stereocenters. The summed E-state index contributed by atoms with van der Waals surface area (Å²) in [7, 11) is 0. The molecular weight excluding hydrogens is 280 g/mol. The van der Waals surface area contributed by atoms with Crippen molar-refractivity contribution in [2.24, 2.45) is 5.73 Å². The third kappa shape index (κ3) is 12.5. The Morgan fingerprint density at radius 1 is 1.00 bits per heavy atom. The Labute approximate surface area is 135 Å². The van der Waals surface area contributed by atoms with Crippen molar-refractivity contribution in [2.75, 3.05) is 0 Å². The summed E-state index contributed by atoms with van der Waals surface area (Å²) in [5.41, 5.74) is 4.76. The Morgan fingerprint density at radius 2 is 1.50 bits per heavy atom. The average molecular weight is 314 g/mol. The van der Waals surface area contributed by atoms with Crippen LogP contribution in [0.4, 0.5) is 4.79 Å². The number of hydrogen-bond acceptors (Lipinski definition) is 3. The van der Waals surface area contributed by atoms with Crippen molar-refractivity contribution in [3.8, 4) is 0 Å². The van der Waals surface area contributed by atoms with Crippen molar-refractivity contribution in [3.63, 3.8) is 0 Å². The first-order chi connectivity index (χ1) is 10.3. The molecule has 0 heterocycles. The molecule has 3 N–H and O–H groups in total. The van der Waals surface area contributed by atoms with E-state index in [0.717, 1.165) is 12.8 Å². The van der Waals surface area contributed by atoms with Gasteiger partial charge < -0.3 is 15.8 Å². The van der Waals surface area contributed by atoms with Gasteiger partial charge in [-0.25, -0.2) is 4.79 Å². The standard InChI is InChI=1S/C17H34N2O3/c1-5-6-7-8-9-10-11-12-13-14(15(18)20)19-16(21)22-17(2,3)4/h14H,5-13H2,1-4H3,(H2,18,20)(H,19,21). The van der Waals surface area contributed by atoms with Crippen LogP contribution in [-0.4, -0.2) is 23.6 Å². The zero-order valence-corrected chi connectivity index (χ0v) is 14.7. The lowest BCUT2D eigenvalue weighted by Crippen LogP contribution is -2.46. The van der Waals surface area contributed by atoms with Crippen molar-refractivity contribution in [1.82, 2.24) is 5.32 Å². The smallest absolute Gasteiger partial charge is 0.408 e. The maximum absolute atomic E-state index is 11.7. The zero-order chi connectivity index (χ0) is 17.0. The SMILES string of the molecule is CCCCCCCCCCC(NC(=O)OC(C)(C)C)C(N)=O. The van der Waals surface area contributed by atoms with E-state index in [4.69, 9.17) is 10.5 Å². The highest BCUT2D eigenvalue weighted by Gasteiger charge is 2.22. The third-order valence-electron chi connectivity index (χ3n) is 3.38. The number of ether oxygens (including phenoxy) is 1. The lowest BCUT2D eigenvalue weighted by atomic mass is 10.0. The highest BCUT2D eigenvalue weighted by molar-refractivity contribution is 5.84. The van der Waals surface area contributed by atoms with Gasteiger partial charge in [0.25, 0.3) is 0 Å². The number of hydrogen-bond donors (Lipinski definition) is 2. The second-order valence-electron chi connectivity index (χ2n) is 6.86. The topological polar surface area (TPSA) is 81.4 Å². The lowest BCUT2D eigenvalue weighted by molar-refractivity contribution is -0.120. The number of nitrogens with one attached hydrogen (secondary N) is 1. The minimum absolute atomic E-state index is 0.506. The molecule has 0 aromatic carbocycles. The number of carbonyl (C=O) groups excluding carboxylic acids is 2. The molecule has 22 heavy (non-hydrogen) atoms. The maximum Gasteiger partial charge on any atom is 0.408 e. The van der Waals surface area contributed by atoms with Gasteiger partial charge >= 0.3 is 6.09 Å². The van der Waals surface area contributed by atoms with Gasteiger partial charge in [0.1, 0.15) is 11.6 Å². The van der Waals surface area contributed by atoms with E-state index in [0.29, 0.717) is 6.42 Å². The highest BCUT2D eigenvalue weighted by Crippen LogP contribution is 2.11. The Morgan fingerprint density at radius 3 is 1.95 bits per heavy atom. The number of alkyl carbamates (subject to hydrolysis) is 1. The minimum Gasteiger partial charge on any atom is -0.444 e. The van der Waals surface area contributed by atoms with E-state index >= 15 is 0 Å². The van der Waals surface area contributed by atoms with Crippen LogP contribution in [0.25, 0.3) is 0 Å². The van der Waals surface area contributed by atoms with Crippen LogP contribution >= 0.6 is 0 Å². The van der Waals surface area contributed by atoms with Crippen LogP contribution in [0, 0.1) is 0 Å². The van der Waals surface area contributed by atoms with Crippen LogP contribution in [0.15, 0.2) is 0 Å². The minimum atomic E-state index is -0.644. The lowest BCUT2D eigenvalue weighted by Gasteiger charge is -2.22. The fraction of sp³-hybridized carbons (Fsp3) is 0.882. The van der Waals surface area contributed by atoms with Gasteiger partial charge in [0.2, 0.25) is 5.91 Å². The van der Waals surface area contributed by atoms with E-state index in [9.17, 15) is 9.59 Å². The molecule has 0 fully saturated rings. The van der Waals surface area contributed by atoms with E-state index in [-0.39, 0.29) is 0 Å². The molecule has 130 valence electrons. The fourth-order valence-corrected chi connectivity index (χ4v) is 2.22. The van der Waals surface area contributed by atoms with Crippen molar-refractivity contribution in [1.29, 1.82) is 0 Å². The molecule has 0 aromatic heterocycles. The van der Waals surface area contributed by atoms with Crippen LogP contribution < -0.4 is 11.1 Å². The van der Waals surface area contributed by atoms with Gasteiger partial charge in [-0.15, -0.1) is 0 Å². The van der Waals surface area contributed by atoms with E-state index in [1.54, 1.807) is 20.8 Å². The summed E-state index contributed by atoms with van der Waals surface area (Å²) in [6, 6.07) is -0.644. The Kier molecular flexibility index (Phi) is 10.7. The summed E-state index contributed by atoms with van der Waals surface area (Å²) in [4.78, 5) is 23.1. The second kappa shape index (κ2) is 11.3. The first-order valence-electron chi connectivity index (χ1n) is 8.55. The molecule has 0 aliphatic heterocycles. The van der Waals surface area contributed by atoms with Gasteiger partial charge in [0.05, 0.1) is 0 Å². The maximum atomic E-state index is 11.7. The largest absolute Gasteiger partial charge is 0.444 e. The molecule has 0 aromatic rings. The predicted molar refractivity (Wildman–Crippen MR) is 89.6 cm³/mol. The van der Waals surface area contributed by atoms with E-state index in [1.807, 2.05) is 0 Å². The summed E-state index contributed by atoms with van der Waals surface area (Å²) in [5, 5.41) is 2.56. The quantitative estimate of drug-likeness (QED) is 0.567. The van der Waals surface area contributed by atoms with Gasteiger partial charge in [-0.3, -0.25) is 4.79 Å². The number of primary amides is 1. The molecule has 0 rings (SSSR count). The number of amides is 2. The number of nitrogens with two attached hydrogens (primary N) is 1. The molecule has 0 aliphatic rings. The van der Waals surface area contributed by atoms with Crippen LogP contribution in [0.1, 0.15) is 85.5 Å². The molecular formula is C17H34N2O3. The second-order valence-corrected chi connectivity index (χ2v) is 6.86. The van der Waals surface area contributed by atoms with Crippen LogP contribution in [0.3, 0.4) is 0 Å². The van der Waals surface area contributed by atoms with Crippen molar-refractivity contribution < 1.29 is 14.3 Å². The molecule has 0 radical (unpaired) electrons. The van der Waals surface area contributed by atoms with Gasteiger partial charge in [-0.2, -0.15) is 0 Å². The normalized spacial score (nSPS) is 12.7. The molecule has 0 spiro atoms. The molecule has 0 saturated carbocycles. The first-order valence-corrected chi connectivity index (χ1v) is 8.55. The average Bonchev–Trinajstić information content (AvgIpc) is 2.38. The summed E-state index contributed by atoms with van der Waals surface area (Å²) < 4.78 is 5.14. The van der Waals surface area contributed by atoms with Crippen molar-refractivity contribution >= 4 is 12.0 Å². The van der Waals surface area contributed by atoms with Crippen molar-refractivity contribution in [3.05, 3.63) is 0 Å². The van der Waals surface area contributed by atoms with Gasteiger partial charge in [-0.1, -0.05) is 58.3 Å². The van der Waals surface area contributed by atoms with Crippen molar-refractivity contribution in [2.45, 2.75) is 97.1 Å². The monoisotopic (exact) mass is 314 g/mol. The first kappa shape index (κ1) is 20.7.